The van der Waals surface area contributed by atoms with E-state index in [2.05, 4.69) is 20.6 Å². The van der Waals surface area contributed by atoms with Crippen LogP contribution >= 0.6 is 11.3 Å². The van der Waals surface area contributed by atoms with Crippen LogP contribution < -0.4 is 10.6 Å². The maximum atomic E-state index is 12.9. The molecule has 0 saturated carbocycles. The SMILES string of the molecule is Cc1nc(-c2cccc(NC(=O)c3ccc4nc5n(c4c3)CCCNC5=O)c2)cs1. The fourth-order valence-corrected chi connectivity index (χ4v) is 4.26. The summed E-state index contributed by atoms with van der Waals surface area (Å²) in [6, 6.07) is 13.0. The highest BCUT2D eigenvalue weighted by molar-refractivity contribution is 7.09. The van der Waals surface area contributed by atoms with Gasteiger partial charge < -0.3 is 15.2 Å². The first-order valence-electron chi connectivity index (χ1n) is 9.71. The van der Waals surface area contributed by atoms with Crippen molar-refractivity contribution in [1.82, 2.24) is 19.9 Å². The number of aryl methyl sites for hydroxylation is 2. The van der Waals surface area contributed by atoms with Crippen molar-refractivity contribution in [3.63, 3.8) is 0 Å². The Balaban J connectivity index is 1.44. The van der Waals surface area contributed by atoms with E-state index in [0.29, 0.717) is 35.7 Å². The fourth-order valence-electron chi connectivity index (χ4n) is 3.64. The second-order valence-electron chi connectivity index (χ2n) is 7.19. The summed E-state index contributed by atoms with van der Waals surface area (Å²) in [4.78, 5) is 34.1. The molecule has 0 radical (unpaired) electrons. The predicted molar refractivity (Wildman–Crippen MR) is 117 cm³/mol. The number of benzene rings is 2. The highest BCUT2D eigenvalue weighted by Gasteiger charge is 2.21. The molecule has 2 aromatic heterocycles. The maximum Gasteiger partial charge on any atom is 0.287 e. The summed E-state index contributed by atoms with van der Waals surface area (Å²) in [5, 5.41) is 8.81. The molecule has 30 heavy (non-hydrogen) atoms. The van der Waals surface area contributed by atoms with Gasteiger partial charge in [-0.3, -0.25) is 9.59 Å². The van der Waals surface area contributed by atoms with Gasteiger partial charge in [0.2, 0.25) is 0 Å². The summed E-state index contributed by atoms with van der Waals surface area (Å²) in [5.74, 6) is 0.00670. The number of carbonyl (C=O) groups excluding carboxylic acids is 2. The van der Waals surface area contributed by atoms with Gasteiger partial charge in [0.15, 0.2) is 5.82 Å². The van der Waals surface area contributed by atoms with Crippen LogP contribution in [-0.2, 0) is 6.54 Å². The van der Waals surface area contributed by atoms with Crippen LogP contribution in [0.2, 0.25) is 0 Å². The second-order valence-corrected chi connectivity index (χ2v) is 8.25. The zero-order valence-electron chi connectivity index (χ0n) is 16.3. The van der Waals surface area contributed by atoms with Gasteiger partial charge in [0.25, 0.3) is 11.8 Å². The van der Waals surface area contributed by atoms with Gasteiger partial charge in [-0.05, 0) is 43.7 Å². The van der Waals surface area contributed by atoms with E-state index in [9.17, 15) is 9.59 Å². The van der Waals surface area contributed by atoms with Crippen LogP contribution in [0.4, 0.5) is 5.69 Å². The lowest BCUT2D eigenvalue weighted by Gasteiger charge is -2.08. The molecular weight excluding hydrogens is 398 g/mol. The van der Waals surface area contributed by atoms with Crippen LogP contribution in [0.15, 0.2) is 47.8 Å². The number of rotatable bonds is 3. The lowest BCUT2D eigenvalue weighted by molar-refractivity contribution is 0.0945. The first-order chi connectivity index (χ1) is 14.6. The van der Waals surface area contributed by atoms with Gasteiger partial charge >= 0.3 is 0 Å². The average Bonchev–Trinajstić information content (AvgIpc) is 3.29. The predicted octanol–water partition coefficient (Wildman–Crippen LogP) is 3.85. The van der Waals surface area contributed by atoms with Crippen LogP contribution in [0.5, 0.6) is 0 Å². The van der Waals surface area contributed by atoms with E-state index in [1.165, 1.54) is 0 Å². The van der Waals surface area contributed by atoms with Crippen molar-refractivity contribution in [2.45, 2.75) is 19.9 Å². The number of aromatic nitrogens is 3. The summed E-state index contributed by atoms with van der Waals surface area (Å²) < 4.78 is 1.89. The Kier molecular flexibility index (Phi) is 4.55. The lowest BCUT2D eigenvalue weighted by Crippen LogP contribution is -2.23. The molecule has 0 spiro atoms. The number of nitrogens with zero attached hydrogens (tertiary/aromatic N) is 3. The number of hydrogen-bond donors (Lipinski definition) is 2. The van der Waals surface area contributed by atoms with E-state index in [0.717, 1.165) is 28.2 Å². The van der Waals surface area contributed by atoms with Crippen LogP contribution in [-0.4, -0.2) is 32.9 Å². The van der Waals surface area contributed by atoms with Gasteiger partial charge in [0.1, 0.15) is 0 Å². The lowest BCUT2D eigenvalue weighted by atomic mass is 10.1. The van der Waals surface area contributed by atoms with Crippen LogP contribution in [0.3, 0.4) is 0 Å². The van der Waals surface area contributed by atoms with E-state index in [1.54, 1.807) is 29.5 Å². The zero-order chi connectivity index (χ0) is 20.7. The molecule has 7 nitrogen and oxygen atoms in total. The Morgan fingerprint density at radius 3 is 2.93 bits per heavy atom. The smallest absolute Gasteiger partial charge is 0.287 e. The van der Waals surface area contributed by atoms with Gasteiger partial charge in [-0.15, -0.1) is 11.3 Å². The Morgan fingerprint density at radius 1 is 1.20 bits per heavy atom. The molecule has 0 atom stereocenters. The van der Waals surface area contributed by atoms with Crippen molar-refractivity contribution in [3.8, 4) is 11.3 Å². The third-order valence-electron chi connectivity index (χ3n) is 5.09. The van der Waals surface area contributed by atoms with Crippen LogP contribution in [0.1, 0.15) is 32.4 Å². The first kappa shape index (κ1) is 18.5. The van der Waals surface area contributed by atoms with E-state index in [4.69, 9.17) is 0 Å². The average molecular weight is 417 g/mol. The van der Waals surface area contributed by atoms with Gasteiger partial charge in [0.05, 0.1) is 21.7 Å². The summed E-state index contributed by atoms with van der Waals surface area (Å²) in [6.07, 6.45) is 0.823. The van der Waals surface area contributed by atoms with Crippen molar-refractivity contribution in [1.29, 1.82) is 0 Å². The zero-order valence-corrected chi connectivity index (χ0v) is 17.1. The molecule has 0 unspecified atom stereocenters. The molecule has 5 rings (SSSR count). The quantitative estimate of drug-likeness (QED) is 0.530. The minimum absolute atomic E-state index is 0.177. The Morgan fingerprint density at radius 2 is 2.10 bits per heavy atom. The maximum absolute atomic E-state index is 12.9. The third-order valence-corrected chi connectivity index (χ3v) is 5.87. The fraction of sp³-hybridized carbons (Fsp3) is 0.182. The molecule has 0 aliphatic carbocycles. The number of thiazole rings is 1. The van der Waals surface area contributed by atoms with Gasteiger partial charge in [-0.1, -0.05) is 12.1 Å². The minimum atomic E-state index is -0.211. The molecule has 3 heterocycles. The minimum Gasteiger partial charge on any atom is -0.349 e. The molecule has 1 aliphatic heterocycles. The molecule has 8 heteroatoms. The first-order valence-corrected chi connectivity index (χ1v) is 10.6. The number of imidazole rings is 1. The molecule has 2 N–H and O–H groups in total. The summed E-state index contributed by atoms with van der Waals surface area (Å²) in [7, 11) is 0. The molecule has 0 bridgehead atoms. The largest absolute Gasteiger partial charge is 0.349 e. The number of amides is 2. The Labute approximate surface area is 176 Å². The normalized spacial score (nSPS) is 13.6. The molecule has 4 aromatic rings. The van der Waals surface area contributed by atoms with Gasteiger partial charge in [0, 0.05) is 35.3 Å². The standard InChI is InChI=1S/C22H19N5O2S/c1-13-24-18(12-30-13)14-4-2-5-16(10-14)25-21(28)15-6-7-17-19(11-15)27-9-3-8-23-22(29)20(27)26-17/h2,4-7,10-12H,3,8-9H2,1H3,(H,23,29)(H,25,28). The Bertz CT molecular complexity index is 1290. The molecular formula is C22H19N5O2S. The number of carbonyl (C=O) groups is 2. The van der Waals surface area contributed by atoms with Crippen LogP contribution in [0.25, 0.3) is 22.3 Å². The third kappa shape index (κ3) is 3.35. The number of hydrogen-bond acceptors (Lipinski definition) is 5. The highest BCUT2D eigenvalue weighted by Crippen LogP contribution is 2.25. The van der Waals surface area contributed by atoms with Crippen molar-refractivity contribution >= 4 is 39.9 Å². The van der Waals surface area contributed by atoms with Crippen molar-refractivity contribution in [3.05, 3.63) is 64.2 Å². The van der Waals surface area contributed by atoms with Crippen molar-refractivity contribution in [2.24, 2.45) is 0 Å². The summed E-state index contributed by atoms with van der Waals surface area (Å²) >= 11 is 1.60. The molecule has 0 saturated heterocycles. The number of anilines is 1. The van der Waals surface area contributed by atoms with Crippen molar-refractivity contribution < 1.29 is 9.59 Å². The van der Waals surface area contributed by atoms with Gasteiger partial charge in [-0.25, -0.2) is 9.97 Å². The summed E-state index contributed by atoms with van der Waals surface area (Å²) in [5.41, 5.74) is 4.58. The number of fused-ring (bicyclic) bond motifs is 3. The second kappa shape index (κ2) is 7.38. The summed E-state index contributed by atoms with van der Waals surface area (Å²) in [6.45, 7) is 3.28. The number of nitrogens with one attached hydrogen (secondary N) is 2. The Hall–Kier alpha value is -3.52. The van der Waals surface area contributed by atoms with Crippen LogP contribution in [0, 0.1) is 6.92 Å². The van der Waals surface area contributed by atoms with E-state index < -0.39 is 0 Å². The topological polar surface area (TPSA) is 88.9 Å². The molecule has 2 amide bonds. The van der Waals surface area contributed by atoms with Gasteiger partial charge in [-0.2, -0.15) is 0 Å². The molecule has 1 aliphatic rings. The molecule has 0 fully saturated rings. The highest BCUT2D eigenvalue weighted by atomic mass is 32.1. The molecule has 2 aromatic carbocycles. The van der Waals surface area contributed by atoms with E-state index in [-0.39, 0.29) is 11.8 Å². The van der Waals surface area contributed by atoms with Crippen molar-refractivity contribution in [2.75, 3.05) is 11.9 Å². The van der Waals surface area contributed by atoms with E-state index in [1.807, 2.05) is 41.1 Å². The molecule has 150 valence electrons. The van der Waals surface area contributed by atoms with E-state index >= 15 is 0 Å². The monoisotopic (exact) mass is 417 g/mol.